The maximum atomic E-state index is 5.36. The van der Waals surface area contributed by atoms with Gasteiger partial charge in [0.2, 0.25) is 5.75 Å². The normalized spacial score (nSPS) is 11.8. The zero-order valence-corrected chi connectivity index (χ0v) is 12.8. The van der Waals surface area contributed by atoms with Crippen LogP contribution in [0.1, 0.15) is 12.7 Å². The summed E-state index contributed by atoms with van der Waals surface area (Å²) in [5.74, 6) is 2.79. The number of furan rings is 1. The molecule has 5 heteroatoms. The fraction of sp³-hybridized carbons (Fsp3) is 0.375. The molecule has 0 radical (unpaired) electrons. The second-order valence-corrected chi connectivity index (χ2v) is 4.74. The summed E-state index contributed by atoms with van der Waals surface area (Å²) in [4.78, 5) is 0. The first-order valence-corrected chi connectivity index (χ1v) is 6.76. The first kappa shape index (κ1) is 15.1. The third kappa shape index (κ3) is 3.62. The van der Waals surface area contributed by atoms with Crippen LogP contribution in [0, 0.1) is 0 Å². The van der Waals surface area contributed by atoms with E-state index in [0.717, 1.165) is 17.9 Å². The van der Waals surface area contributed by atoms with Gasteiger partial charge in [-0.05, 0) is 19.1 Å². The maximum absolute atomic E-state index is 5.36. The molecular weight excluding hydrogens is 270 g/mol. The lowest BCUT2D eigenvalue weighted by Crippen LogP contribution is -2.17. The maximum Gasteiger partial charge on any atom is 0.203 e. The van der Waals surface area contributed by atoms with E-state index in [1.54, 1.807) is 27.6 Å². The Bertz CT molecular complexity index is 541. The number of rotatable bonds is 7. The Kier molecular flexibility index (Phi) is 4.98. The minimum absolute atomic E-state index is 0.207. The van der Waals surface area contributed by atoms with Crippen molar-refractivity contribution in [3.63, 3.8) is 0 Å². The number of methoxy groups -OCH3 is 3. The summed E-state index contributed by atoms with van der Waals surface area (Å²) in [5, 5.41) is 3.41. The molecule has 0 saturated heterocycles. The largest absolute Gasteiger partial charge is 0.493 e. The summed E-state index contributed by atoms with van der Waals surface area (Å²) in [6.07, 6.45) is 2.48. The second-order valence-electron chi connectivity index (χ2n) is 4.74. The van der Waals surface area contributed by atoms with Gasteiger partial charge in [-0.1, -0.05) is 0 Å². The molecule has 2 rings (SSSR count). The van der Waals surface area contributed by atoms with Crippen molar-refractivity contribution in [2.45, 2.75) is 19.4 Å². The van der Waals surface area contributed by atoms with Crippen LogP contribution < -0.4 is 19.5 Å². The molecule has 1 aromatic heterocycles. The summed E-state index contributed by atoms with van der Waals surface area (Å²) in [5.41, 5.74) is 0.906. The van der Waals surface area contributed by atoms with Gasteiger partial charge < -0.3 is 23.9 Å². The van der Waals surface area contributed by atoms with Crippen LogP contribution in [0.5, 0.6) is 17.2 Å². The summed E-state index contributed by atoms with van der Waals surface area (Å²) in [7, 11) is 4.80. The van der Waals surface area contributed by atoms with Gasteiger partial charge in [0.25, 0.3) is 0 Å². The monoisotopic (exact) mass is 291 g/mol. The van der Waals surface area contributed by atoms with Gasteiger partial charge in [-0.2, -0.15) is 0 Å². The average molecular weight is 291 g/mol. The molecule has 0 bridgehead atoms. The highest BCUT2D eigenvalue weighted by atomic mass is 16.5. The molecule has 0 aliphatic rings. The quantitative estimate of drug-likeness (QED) is 0.848. The van der Waals surface area contributed by atoms with Gasteiger partial charge in [0.1, 0.15) is 5.76 Å². The molecule has 2 aromatic rings. The third-order valence-electron chi connectivity index (χ3n) is 3.17. The summed E-state index contributed by atoms with van der Waals surface area (Å²) in [6.45, 7) is 2.09. The van der Waals surface area contributed by atoms with Crippen LogP contribution in [-0.4, -0.2) is 27.4 Å². The van der Waals surface area contributed by atoms with Crippen molar-refractivity contribution in [2.24, 2.45) is 0 Å². The fourth-order valence-corrected chi connectivity index (χ4v) is 2.23. The Balaban J connectivity index is 2.15. The van der Waals surface area contributed by atoms with Crippen LogP contribution in [0.25, 0.3) is 0 Å². The van der Waals surface area contributed by atoms with Crippen LogP contribution in [0.15, 0.2) is 34.9 Å². The van der Waals surface area contributed by atoms with E-state index in [4.69, 9.17) is 18.6 Å². The molecule has 0 aliphatic heterocycles. The first-order chi connectivity index (χ1) is 10.2. The average Bonchev–Trinajstić information content (AvgIpc) is 2.98. The molecule has 0 aliphatic carbocycles. The Morgan fingerprint density at radius 3 is 2.24 bits per heavy atom. The highest BCUT2D eigenvalue weighted by Gasteiger charge is 2.14. The number of hydrogen-bond donors (Lipinski definition) is 1. The molecule has 21 heavy (non-hydrogen) atoms. The van der Waals surface area contributed by atoms with E-state index in [9.17, 15) is 0 Å². The molecule has 114 valence electrons. The van der Waals surface area contributed by atoms with E-state index in [0.29, 0.717) is 17.2 Å². The van der Waals surface area contributed by atoms with Crippen molar-refractivity contribution in [1.29, 1.82) is 0 Å². The molecule has 5 nitrogen and oxygen atoms in total. The summed E-state index contributed by atoms with van der Waals surface area (Å²) >= 11 is 0. The molecule has 1 aromatic carbocycles. The third-order valence-corrected chi connectivity index (χ3v) is 3.17. The van der Waals surface area contributed by atoms with Gasteiger partial charge in [-0.3, -0.25) is 0 Å². The van der Waals surface area contributed by atoms with Gasteiger partial charge in [-0.25, -0.2) is 0 Å². The molecule has 0 spiro atoms. The van der Waals surface area contributed by atoms with Crippen LogP contribution in [0.2, 0.25) is 0 Å². The van der Waals surface area contributed by atoms with Gasteiger partial charge in [-0.15, -0.1) is 0 Å². The fourth-order valence-electron chi connectivity index (χ4n) is 2.23. The van der Waals surface area contributed by atoms with Crippen molar-refractivity contribution in [2.75, 3.05) is 26.6 Å². The van der Waals surface area contributed by atoms with Crippen molar-refractivity contribution >= 4 is 5.69 Å². The summed E-state index contributed by atoms with van der Waals surface area (Å²) in [6, 6.07) is 7.84. The van der Waals surface area contributed by atoms with Gasteiger partial charge in [0, 0.05) is 30.3 Å². The van der Waals surface area contributed by atoms with Crippen LogP contribution >= 0.6 is 0 Å². The molecule has 0 amide bonds. The lowest BCUT2D eigenvalue weighted by atomic mass is 10.1. The molecule has 0 saturated carbocycles. The zero-order chi connectivity index (χ0) is 15.2. The Morgan fingerprint density at radius 1 is 1.10 bits per heavy atom. The SMILES string of the molecule is COc1cc(NC(C)Cc2ccco2)cc(OC)c1OC. The minimum atomic E-state index is 0.207. The number of anilines is 1. The number of benzene rings is 1. The van der Waals surface area contributed by atoms with E-state index in [2.05, 4.69) is 12.2 Å². The minimum Gasteiger partial charge on any atom is -0.493 e. The van der Waals surface area contributed by atoms with E-state index < -0.39 is 0 Å². The van der Waals surface area contributed by atoms with Crippen molar-refractivity contribution in [3.8, 4) is 17.2 Å². The van der Waals surface area contributed by atoms with E-state index in [1.807, 2.05) is 24.3 Å². The predicted octanol–water partition coefficient (Wildman–Crippen LogP) is 3.35. The van der Waals surface area contributed by atoms with Crippen molar-refractivity contribution in [1.82, 2.24) is 0 Å². The van der Waals surface area contributed by atoms with E-state index >= 15 is 0 Å². The highest BCUT2D eigenvalue weighted by Crippen LogP contribution is 2.40. The van der Waals surface area contributed by atoms with Gasteiger partial charge in [0.05, 0.1) is 27.6 Å². The van der Waals surface area contributed by atoms with E-state index in [1.165, 1.54) is 0 Å². The molecular formula is C16H21NO4. The highest BCUT2D eigenvalue weighted by molar-refractivity contribution is 5.62. The number of ether oxygens (including phenoxy) is 3. The first-order valence-electron chi connectivity index (χ1n) is 6.76. The Hall–Kier alpha value is -2.30. The van der Waals surface area contributed by atoms with Gasteiger partial charge >= 0.3 is 0 Å². The molecule has 1 heterocycles. The Morgan fingerprint density at radius 2 is 1.76 bits per heavy atom. The standard InChI is InChI=1S/C16H21NO4/c1-11(8-13-6-5-7-21-13)17-12-9-14(18-2)16(20-4)15(10-12)19-3/h5-7,9-11,17H,8H2,1-4H3. The van der Waals surface area contributed by atoms with Crippen LogP contribution in [0.4, 0.5) is 5.69 Å². The number of hydrogen-bond acceptors (Lipinski definition) is 5. The van der Waals surface area contributed by atoms with Gasteiger partial charge in [0.15, 0.2) is 11.5 Å². The molecule has 0 fully saturated rings. The Labute approximate surface area is 124 Å². The lowest BCUT2D eigenvalue weighted by molar-refractivity contribution is 0.324. The number of nitrogens with one attached hydrogen (secondary N) is 1. The smallest absolute Gasteiger partial charge is 0.203 e. The van der Waals surface area contributed by atoms with Crippen molar-refractivity contribution < 1.29 is 18.6 Å². The topological polar surface area (TPSA) is 52.9 Å². The van der Waals surface area contributed by atoms with Crippen LogP contribution in [-0.2, 0) is 6.42 Å². The van der Waals surface area contributed by atoms with E-state index in [-0.39, 0.29) is 6.04 Å². The lowest BCUT2D eigenvalue weighted by Gasteiger charge is -2.18. The molecule has 1 N–H and O–H groups in total. The van der Waals surface area contributed by atoms with Crippen LogP contribution in [0.3, 0.4) is 0 Å². The summed E-state index contributed by atoms with van der Waals surface area (Å²) < 4.78 is 21.4. The van der Waals surface area contributed by atoms with Crippen molar-refractivity contribution in [3.05, 3.63) is 36.3 Å². The predicted molar refractivity (Wildman–Crippen MR) is 81.6 cm³/mol. The second kappa shape index (κ2) is 6.92. The molecule has 1 unspecified atom stereocenters. The molecule has 1 atom stereocenters. The zero-order valence-electron chi connectivity index (χ0n) is 12.8.